The Morgan fingerprint density at radius 1 is 1.12 bits per heavy atom. The molecule has 0 radical (unpaired) electrons. The number of hydrogen-bond acceptors (Lipinski definition) is 2. The van der Waals surface area contributed by atoms with E-state index in [1.165, 1.54) is 32.1 Å². The van der Waals surface area contributed by atoms with Crippen LogP contribution in [0.25, 0.3) is 0 Å². The Morgan fingerprint density at radius 2 is 1.62 bits per heavy atom. The van der Waals surface area contributed by atoms with Crippen LogP contribution in [0.5, 0.6) is 0 Å². The number of aliphatic carboxylic acids is 1. The van der Waals surface area contributed by atoms with Crippen molar-refractivity contribution in [2.75, 3.05) is 0 Å². The van der Waals surface area contributed by atoms with Crippen molar-refractivity contribution < 1.29 is 9.90 Å². The van der Waals surface area contributed by atoms with Gasteiger partial charge < -0.3 is 5.11 Å². The third-order valence-corrected chi connectivity index (χ3v) is 6.54. The van der Waals surface area contributed by atoms with Crippen molar-refractivity contribution in [3.05, 3.63) is 0 Å². The number of carboxylic acids is 1. The topological polar surface area (TPSA) is 37.3 Å². The van der Waals surface area contributed by atoms with Crippen molar-refractivity contribution in [3.8, 4) is 0 Å². The van der Waals surface area contributed by atoms with Crippen molar-refractivity contribution in [3.63, 3.8) is 0 Å². The minimum atomic E-state index is -0.640. The second-order valence-electron chi connectivity index (χ2n) is 6.01. The van der Waals surface area contributed by atoms with Crippen LogP contribution in [0.2, 0.25) is 0 Å². The van der Waals surface area contributed by atoms with Crippen LogP contribution in [-0.2, 0) is 4.79 Å². The highest BCUT2D eigenvalue weighted by Gasteiger charge is 2.48. The highest BCUT2D eigenvalue weighted by molar-refractivity contribution is 8.01. The van der Waals surface area contributed by atoms with E-state index in [9.17, 15) is 4.79 Å². The highest BCUT2D eigenvalue weighted by atomic mass is 32.2. The number of carboxylic acid groups (broad SMARTS) is 1. The van der Waals surface area contributed by atoms with Crippen molar-refractivity contribution >= 4 is 17.7 Å². The maximum Gasteiger partial charge on any atom is 0.316 e. The Bertz CT molecular complexity index is 274. The quantitative estimate of drug-likeness (QED) is 0.824. The molecule has 16 heavy (non-hydrogen) atoms. The summed E-state index contributed by atoms with van der Waals surface area (Å²) >= 11 is 1.74. The predicted molar refractivity (Wildman–Crippen MR) is 65.5 cm³/mol. The Labute approximate surface area is 101 Å². The van der Waals surface area contributed by atoms with Gasteiger partial charge in [0.1, 0.15) is 0 Å². The van der Waals surface area contributed by atoms with Gasteiger partial charge in [0.05, 0.1) is 5.25 Å². The van der Waals surface area contributed by atoms with Gasteiger partial charge in [0.2, 0.25) is 0 Å². The number of hydrogen-bond donors (Lipinski definition) is 1. The van der Waals surface area contributed by atoms with Gasteiger partial charge in [-0.05, 0) is 62.7 Å². The van der Waals surface area contributed by atoms with Crippen LogP contribution in [0.1, 0.15) is 39.0 Å². The Balaban J connectivity index is 1.70. The molecule has 0 amide bonds. The molecule has 4 rings (SSSR count). The molecule has 90 valence electrons. The maximum atomic E-state index is 10.9. The molecule has 0 heterocycles. The fourth-order valence-corrected chi connectivity index (χ4v) is 5.87. The normalized spacial score (nSPS) is 46.9. The van der Waals surface area contributed by atoms with Gasteiger partial charge in [0.15, 0.2) is 0 Å². The van der Waals surface area contributed by atoms with Gasteiger partial charge >= 0.3 is 5.97 Å². The molecule has 4 fully saturated rings. The maximum absolute atomic E-state index is 10.9. The number of thioether (sulfide) groups is 1. The van der Waals surface area contributed by atoms with Crippen molar-refractivity contribution in [2.24, 2.45) is 23.7 Å². The summed E-state index contributed by atoms with van der Waals surface area (Å²) in [5.74, 6) is 3.00. The van der Waals surface area contributed by atoms with E-state index >= 15 is 0 Å². The van der Waals surface area contributed by atoms with Gasteiger partial charge in [-0.15, -0.1) is 11.8 Å². The molecular formula is C13H20O2S. The zero-order chi connectivity index (χ0) is 11.3. The average Bonchev–Trinajstić information content (AvgIpc) is 2.21. The highest BCUT2D eigenvalue weighted by Crippen LogP contribution is 2.57. The molecule has 0 aromatic heterocycles. The third kappa shape index (κ3) is 1.77. The molecule has 3 heteroatoms. The molecule has 4 saturated carbocycles. The first-order valence-corrected chi connectivity index (χ1v) is 7.46. The van der Waals surface area contributed by atoms with Crippen LogP contribution in [-0.4, -0.2) is 21.6 Å². The second kappa shape index (κ2) is 3.94. The first-order chi connectivity index (χ1) is 7.63. The van der Waals surface area contributed by atoms with Crippen molar-refractivity contribution in [1.29, 1.82) is 0 Å². The lowest BCUT2D eigenvalue weighted by molar-refractivity contribution is -0.136. The molecule has 0 spiro atoms. The number of carbonyl (C=O) groups is 1. The monoisotopic (exact) mass is 240 g/mol. The Kier molecular flexibility index (Phi) is 2.69. The minimum Gasteiger partial charge on any atom is -0.480 e. The van der Waals surface area contributed by atoms with Crippen molar-refractivity contribution in [2.45, 2.75) is 49.5 Å². The lowest BCUT2D eigenvalue weighted by Gasteiger charge is -2.54. The van der Waals surface area contributed by atoms with E-state index in [0.717, 1.165) is 23.7 Å². The van der Waals surface area contributed by atoms with Crippen LogP contribution in [0, 0.1) is 23.7 Å². The molecule has 4 aliphatic carbocycles. The largest absolute Gasteiger partial charge is 0.480 e. The fraction of sp³-hybridized carbons (Fsp3) is 0.923. The molecule has 1 unspecified atom stereocenters. The van der Waals surface area contributed by atoms with Gasteiger partial charge in [-0.3, -0.25) is 4.79 Å². The molecule has 0 saturated heterocycles. The molecular weight excluding hydrogens is 220 g/mol. The standard InChI is InChI=1S/C13H20O2S/c1-7(13(14)15)16-12-10-3-8-2-9(5-10)6-11(12)4-8/h7-12H,2-6H2,1H3,(H,14,15). The van der Waals surface area contributed by atoms with Crippen LogP contribution in [0.4, 0.5) is 0 Å². The summed E-state index contributed by atoms with van der Waals surface area (Å²) in [5.41, 5.74) is 0. The van der Waals surface area contributed by atoms with Crippen molar-refractivity contribution in [1.82, 2.24) is 0 Å². The van der Waals surface area contributed by atoms with Crippen LogP contribution < -0.4 is 0 Å². The number of rotatable bonds is 3. The van der Waals surface area contributed by atoms with Gasteiger partial charge in [-0.25, -0.2) is 0 Å². The van der Waals surface area contributed by atoms with E-state index in [0.29, 0.717) is 5.25 Å². The average molecular weight is 240 g/mol. The van der Waals surface area contributed by atoms with Crippen LogP contribution >= 0.6 is 11.8 Å². The molecule has 2 nitrogen and oxygen atoms in total. The smallest absolute Gasteiger partial charge is 0.316 e. The molecule has 1 atom stereocenters. The minimum absolute atomic E-state index is 0.220. The van der Waals surface area contributed by atoms with E-state index < -0.39 is 5.97 Å². The van der Waals surface area contributed by atoms with Crippen LogP contribution in [0.3, 0.4) is 0 Å². The molecule has 4 aliphatic rings. The molecule has 0 aromatic carbocycles. The fourth-order valence-electron chi connectivity index (χ4n) is 4.39. The Hall–Kier alpha value is -0.180. The summed E-state index contributed by atoms with van der Waals surface area (Å²) in [6.07, 6.45) is 7.01. The first-order valence-electron chi connectivity index (χ1n) is 6.51. The summed E-state index contributed by atoms with van der Waals surface area (Å²) in [7, 11) is 0. The van der Waals surface area contributed by atoms with Gasteiger partial charge in [-0.2, -0.15) is 0 Å². The third-order valence-electron chi connectivity index (χ3n) is 4.85. The lowest BCUT2D eigenvalue weighted by atomic mass is 9.56. The van der Waals surface area contributed by atoms with Crippen LogP contribution in [0.15, 0.2) is 0 Å². The zero-order valence-electron chi connectivity index (χ0n) is 9.76. The summed E-state index contributed by atoms with van der Waals surface area (Å²) in [5, 5.41) is 9.45. The van der Waals surface area contributed by atoms with Gasteiger partial charge in [-0.1, -0.05) is 0 Å². The first kappa shape index (κ1) is 10.9. The zero-order valence-corrected chi connectivity index (χ0v) is 10.6. The molecule has 0 aromatic rings. The van der Waals surface area contributed by atoms with E-state index in [-0.39, 0.29) is 5.25 Å². The van der Waals surface area contributed by atoms with E-state index in [4.69, 9.17) is 5.11 Å². The predicted octanol–water partition coefficient (Wildman–Crippen LogP) is 3.02. The summed E-state index contributed by atoms with van der Waals surface area (Å²) < 4.78 is 0. The van der Waals surface area contributed by atoms with Gasteiger partial charge in [0, 0.05) is 5.25 Å². The Morgan fingerprint density at radius 3 is 2.06 bits per heavy atom. The van der Waals surface area contributed by atoms with E-state index in [1.807, 2.05) is 6.92 Å². The molecule has 0 aliphatic heterocycles. The van der Waals surface area contributed by atoms with E-state index in [1.54, 1.807) is 11.8 Å². The lowest BCUT2D eigenvalue weighted by Crippen LogP contribution is -2.47. The second-order valence-corrected chi connectivity index (χ2v) is 7.54. The SMILES string of the molecule is CC(SC1C2CC3CC(C2)CC1C3)C(=O)O. The van der Waals surface area contributed by atoms with Gasteiger partial charge in [0.25, 0.3) is 0 Å². The van der Waals surface area contributed by atoms with E-state index in [2.05, 4.69) is 0 Å². The molecule has 1 N–H and O–H groups in total. The summed E-state index contributed by atoms with van der Waals surface area (Å²) in [6, 6.07) is 0. The molecule has 4 bridgehead atoms. The summed E-state index contributed by atoms with van der Waals surface area (Å²) in [4.78, 5) is 10.9. The summed E-state index contributed by atoms with van der Waals surface area (Å²) in [6.45, 7) is 1.85.